The number of halogens is 2. The second-order valence-electron chi connectivity index (χ2n) is 3.17. The van der Waals surface area contributed by atoms with E-state index in [0.717, 1.165) is 6.07 Å². The van der Waals surface area contributed by atoms with Gasteiger partial charge in [-0.15, -0.1) is 0 Å². The van der Waals surface area contributed by atoms with Crippen LogP contribution in [0.25, 0.3) is 0 Å². The number of nitriles is 1. The van der Waals surface area contributed by atoms with Gasteiger partial charge in [0.2, 0.25) is 0 Å². The quantitative estimate of drug-likeness (QED) is 0.764. The smallest absolute Gasteiger partial charge is 0.144 e. The van der Waals surface area contributed by atoms with E-state index in [1.165, 1.54) is 24.4 Å². The summed E-state index contributed by atoms with van der Waals surface area (Å²) in [6.45, 7) is 0. The lowest BCUT2D eigenvalue weighted by Crippen LogP contribution is -1.88. The summed E-state index contributed by atoms with van der Waals surface area (Å²) < 4.78 is 18.7. The number of nitrogens with zero attached hydrogens (tertiary/aromatic N) is 2. The molecule has 84 valence electrons. The van der Waals surface area contributed by atoms with Gasteiger partial charge in [-0.05, 0) is 18.2 Å². The molecule has 3 nitrogen and oxygen atoms in total. The Morgan fingerprint density at radius 2 is 2.00 bits per heavy atom. The normalized spacial score (nSPS) is 9.71. The molecule has 0 saturated carbocycles. The number of ether oxygens (including phenoxy) is 1. The monoisotopic (exact) mass is 248 g/mol. The summed E-state index contributed by atoms with van der Waals surface area (Å²) in [4.78, 5) is 3.79. The molecule has 17 heavy (non-hydrogen) atoms. The van der Waals surface area contributed by atoms with Gasteiger partial charge in [0.1, 0.15) is 28.5 Å². The van der Waals surface area contributed by atoms with E-state index in [4.69, 9.17) is 21.6 Å². The van der Waals surface area contributed by atoms with Crippen molar-refractivity contribution in [2.75, 3.05) is 0 Å². The summed E-state index contributed by atoms with van der Waals surface area (Å²) in [5, 5.41) is 8.87. The van der Waals surface area contributed by atoms with Crippen molar-refractivity contribution in [3.05, 3.63) is 53.1 Å². The highest BCUT2D eigenvalue weighted by Gasteiger charge is 2.04. The average molecular weight is 249 g/mol. The molecule has 1 heterocycles. The molecule has 0 bridgehead atoms. The molecular formula is C12H6ClFN2O. The minimum atomic E-state index is -0.620. The van der Waals surface area contributed by atoms with E-state index in [1.54, 1.807) is 12.1 Å². The molecule has 0 spiro atoms. The molecule has 0 fully saturated rings. The summed E-state index contributed by atoms with van der Waals surface area (Å²) in [6.07, 6.45) is 1.48. The predicted octanol–water partition coefficient (Wildman–Crippen LogP) is 3.54. The van der Waals surface area contributed by atoms with E-state index in [0.29, 0.717) is 11.5 Å². The molecule has 2 rings (SSSR count). The van der Waals surface area contributed by atoms with Crippen LogP contribution >= 0.6 is 11.6 Å². The van der Waals surface area contributed by atoms with Gasteiger partial charge in [0.25, 0.3) is 0 Å². The van der Waals surface area contributed by atoms with Crippen LogP contribution in [0.15, 0.2) is 36.5 Å². The Morgan fingerprint density at radius 1 is 1.24 bits per heavy atom. The van der Waals surface area contributed by atoms with Crippen LogP contribution in [0.3, 0.4) is 0 Å². The first-order valence-corrected chi connectivity index (χ1v) is 5.06. The minimum Gasteiger partial charge on any atom is -0.457 e. The fourth-order valence-electron chi connectivity index (χ4n) is 1.23. The second kappa shape index (κ2) is 4.81. The molecule has 2 aromatic rings. The van der Waals surface area contributed by atoms with Gasteiger partial charge in [-0.3, -0.25) is 0 Å². The Labute approximate surface area is 102 Å². The van der Waals surface area contributed by atoms with Crippen LogP contribution in [-0.2, 0) is 0 Å². The highest BCUT2D eigenvalue weighted by Crippen LogP contribution is 2.24. The van der Waals surface area contributed by atoms with Crippen LogP contribution in [0.2, 0.25) is 5.15 Å². The van der Waals surface area contributed by atoms with Crippen molar-refractivity contribution < 1.29 is 9.13 Å². The van der Waals surface area contributed by atoms with E-state index >= 15 is 0 Å². The summed E-state index contributed by atoms with van der Waals surface area (Å²) in [6, 6.07) is 8.85. The number of rotatable bonds is 2. The highest BCUT2D eigenvalue weighted by molar-refractivity contribution is 6.29. The molecule has 0 aliphatic heterocycles. The van der Waals surface area contributed by atoms with Crippen molar-refractivity contribution in [3.63, 3.8) is 0 Å². The molecule has 0 saturated heterocycles. The van der Waals surface area contributed by atoms with Gasteiger partial charge >= 0.3 is 0 Å². The van der Waals surface area contributed by atoms with Gasteiger partial charge in [0, 0.05) is 18.3 Å². The molecule has 0 aliphatic carbocycles. The van der Waals surface area contributed by atoms with Crippen LogP contribution < -0.4 is 4.74 Å². The lowest BCUT2D eigenvalue weighted by atomic mass is 10.2. The first-order chi connectivity index (χ1) is 8.19. The summed E-state index contributed by atoms with van der Waals surface area (Å²) in [7, 11) is 0. The first-order valence-electron chi connectivity index (χ1n) is 4.68. The van der Waals surface area contributed by atoms with E-state index < -0.39 is 5.82 Å². The molecule has 0 N–H and O–H groups in total. The lowest BCUT2D eigenvalue weighted by molar-refractivity contribution is 0.476. The maximum Gasteiger partial charge on any atom is 0.144 e. The number of hydrogen-bond donors (Lipinski definition) is 0. The highest BCUT2D eigenvalue weighted by atomic mass is 35.5. The van der Waals surface area contributed by atoms with Gasteiger partial charge in [-0.2, -0.15) is 5.26 Å². The Bertz CT molecular complexity index is 595. The molecule has 0 aliphatic rings. The molecule has 0 atom stereocenters. The SMILES string of the molecule is N#Cc1ccc(Oc2ccnc(Cl)c2)cc1F. The van der Waals surface area contributed by atoms with E-state index in [2.05, 4.69) is 4.98 Å². The van der Waals surface area contributed by atoms with Crippen LogP contribution in [0, 0.1) is 17.1 Å². The third kappa shape index (κ3) is 2.71. The molecule has 0 unspecified atom stereocenters. The number of benzene rings is 1. The summed E-state index contributed by atoms with van der Waals surface area (Å²) in [5.41, 5.74) is -0.0230. The second-order valence-corrected chi connectivity index (χ2v) is 3.56. The summed E-state index contributed by atoms with van der Waals surface area (Å²) in [5.74, 6) is 0.128. The molecule has 1 aromatic heterocycles. The van der Waals surface area contributed by atoms with Crippen molar-refractivity contribution in [3.8, 4) is 17.6 Å². The van der Waals surface area contributed by atoms with Gasteiger partial charge in [-0.1, -0.05) is 11.6 Å². The number of aromatic nitrogens is 1. The third-order valence-electron chi connectivity index (χ3n) is 1.99. The topological polar surface area (TPSA) is 45.9 Å². The average Bonchev–Trinajstić information content (AvgIpc) is 2.29. The van der Waals surface area contributed by atoms with E-state index in [-0.39, 0.29) is 10.7 Å². The van der Waals surface area contributed by atoms with Gasteiger partial charge < -0.3 is 4.74 Å². The fraction of sp³-hybridized carbons (Fsp3) is 0. The zero-order valence-corrected chi connectivity index (χ0v) is 9.28. The number of hydrogen-bond acceptors (Lipinski definition) is 3. The van der Waals surface area contributed by atoms with Gasteiger partial charge in [-0.25, -0.2) is 9.37 Å². The maximum atomic E-state index is 13.3. The largest absolute Gasteiger partial charge is 0.457 e. The maximum absolute atomic E-state index is 13.3. The Morgan fingerprint density at radius 3 is 2.65 bits per heavy atom. The Hall–Kier alpha value is -2.12. The summed E-state index contributed by atoms with van der Waals surface area (Å²) >= 11 is 5.68. The molecule has 0 amide bonds. The van der Waals surface area contributed by atoms with Crippen LogP contribution in [-0.4, -0.2) is 4.98 Å². The molecule has 1 aromatic carbocycles. The molecular weight excluding hydrogens is 243 g/mol. The fourth-order valence-corrected chi connectivity index (χ4v) is 1.40. The standard InChI is InChI=1S/C12H6ClFN2O/c13-12-6-10(3-4-16-12)17-9-2-1-8(7-15)11(14)5-9/h1-6H. The van der Waals surface area contributed by atoms with Crippen molar-refractivity contribution >= 4 is 11.6 Å². The zero-order chi connectivity index (χ0) is 12.3. The van der Waals surface area contributed by atoms with Crippen LogP contribution in [0.5, 0.6) is 11.5 Å². The Kier molecular flexibility index (Phi) is 3.22. The van der Waals surface area contributed by atoms with Crippen LogP contribution in [0.1, 0.15) is 5.56 Å². The third-order valence-corrected chi connectivity index (χ3v) is 2.20. The predicted molar refractivity (Wildman–Crippen MR) is 60.4 cm³/mol. The first kappa shape index (κ1) is 11.4. The van der Waals surface area contributed by atoms with Crippen molar-refractivity contribution in [2.45, 2.75) is 0 Å². The van der Waals surface area contributed by atoms with E-state index in [9.17, 15) is 4.39 Å². The zero-order valence-electron chi connectivity index (χ0n) is 8.52. The van der Waals surface area contributed by atoms with Crippen LogP contribution in [0.4, 0.5) is 4.39 Å². The molecule has 0 radical (unpaired) electrons. The van der Waals surface area contributed by atoms with E-state index in [1.807, 2.05) is 0 Å². The van der Waals surface area contributed by atoms with Crippen molar-refractivity contribution in [2.24, 2.45) is 0 Å². The van der Waals surface area contributed by atoms with Gasteiger partial charge in [0.15, 0.2) is 0 Å². The lowest BCUT2D eigenvalue weighted by Gasteiger charge is -2.05. The van der Waals surface area contributed by atoms with Crippen molar-refractivity contribution in [1.82, 2.24) is 4.98 Å². The molecule has 5 heteroatoms. The minimum absolute atomic E-state index is 0.0230. The number of pyridine rings is 1. The van der Waals surface area contributed by atoms with Gasteiger partial charge in [0.05, 0.1) is 5.56 Å². The Balaban J connectivity index is 2.25. The van der Waals surface area contributed by atoms with Crippen molar-refractivity contribution in [1.29, 1.82) is 5.26 Å².